The van der Waals surface area contributed by atoms with Crippen LogP contribution >= 0.6 is 11.6 Å². The molecule has 3 heterocycles. The van der Waals surface area contributed by atoms with Crippen molar-refractivity contribution in [1.29, 1.82) is 0 Å². The van der Waals surface area contributed by atoms with E-state index in [0.29, 0.717) is 16.4 Å². The minimum atomic E-state index is -0.237. The monoisotopic (exact) mass is 367 g/mol. The molecule has 0 saturated carbocycles. The molecule has 1 fully saturated rings. The molecule has 1 saturated heterocycles. The summed E-state index contributed by atoms with van der Waals surface area (Å²) in [7, 11) is 0. The van der Waals surface area contributed by atoms with Crippen LogP contribution in [0.2, 0.25) is 5.15 Å². The normalized spacial score (nSPS) is 14.4. The SMILES string of the molecule is O=C(Nc1ccc2c(N3CCCCC3)ncnc2c1)c1ccc(Cl)nc1. The Hall–Kier alpha value is -2.73. The number of nitrogens with zero attached hydrogens (tertiary/aromatic N) is 4. The van der Waals surface area contributed by atoms with Crippen molar-refractivity contribution in [3.63, 3.8) is 0 Å². The molecule has 0 spiro atoms. The first-order chi connectivity index (χ1) is 12.7. The minimum Gasteiger partial charge on any atom is -0.356 e. The van der Waals surface area contributed by atoms with Crippen molar-refractivity contribution in [2.75, 3.05) is 23.3 Å². The Morgan fingerprint density at radius 3 is 2.65 bits per heavy atom. The van der Waals surface area contributed by atoms with Gasteiger partial charge in [0.1, 0.15) is 17.3 Å². The zero-order valence-corrected chi connectivity index (χ0v) is 14.9. The van der Waals surface area contributed by atoms with Gasteiger partial charge in [0.05, 0.1) is 11.1 Å². The number of fused-ring (bicyclic) bond motifs is 1. The number of amides is 1. The highest BCUT2D eigenvalue weighted by Gasteiger charge is 2.16. The van der Waals surface area contributed by atoms with Crippen molar-refractivity contribution >= 4 is 39.9 Å². The summed E-state index contributed by atoms with van der Waals surface area (Å²) >= 11 is 5.76. The molecule has 0 radical (unpaired) electrons. The molecule has 1 N–H and O–H groups in total. The molecule has 2 aromatic heterocycles. The van der Waals surface area contributed by atoms with Crippen LogP contribution in [-0.4, -0.2) is 33.9 Å². The molecule has 0 unspecified atom stereocenters. The summed E-state index contributed by atoms with van der Waals surface area (Å²) < 4.78 is 0. The van der Waals surface area contributed by atoms with Crippen molar-refractivity contribution < 1.29 is 4.79 Å². The van der Waals surface area contributed by atoms with E-state index in [-0.39, 0.29) is 5.91 Å². The highest BCUT2D eigenvalue weighted by molar-refractivity contribution is 6.29. The van der Waals surface area contributed by atoms with Gasteiger partial charge in [0.15, 0.2) is 0 Å². The van der Waals surface area contributed by atoms with Gasteiger partial charge in [-0.05, 0) is 49.6 Å². The topological polar surface area (TPSA) is 71.0 Å². The molecule has 0 atom stereocenters. The fraction of sp³-hybridized carbons (Fsp3) is 0.263. The number of pyridine rings is 1. The lowest BCUT2D eigenvalue weighted by atomic mass is 10.1. The standard InChI is InChI=1S/C19H18ClN5O/c20-17-7-4-13(11-21-17)19(26)24-14-5-6-15-16(10-14)22-12-23-18(15)25-8-2-1-3-9-25/h4-7,10-12H,1-3,8-9H2,(H,24,26). The highest BCUT2D eigenvalue weighted by atomic mass is 35.5. The molecule has 1 aromatic carbocycles. The number of hydrogen-bond acceptors (Lipinski definition) is 5. The number of rotatable bonds is 3. The van der Waals surface area contributed by atoms with Crippen molar-refractivity contribution in [1.82, 2.24) is 15.0 Å². The van der Waals surface area contributed by atoms with Crippen LogP contribution in [0.1, 0.15) is 29.6 Å². The smallest absolute Gasteiger partial charge is 0.257 e. The molecule has 0 bridgehead atoms. The van der Waals surface area contributed by atoms with Gasteiger partial charge in [-0.2, -0.15) is 0 Å². The quantitative estimate of drug-likeness (QED) is 0.710. The zero-order valence-electron chi connectivity index (χ0n) is 14.2. The molecule has 1 aliphatic heterocycles. The molecule has 1 amide bonds. The van der Waals surface area contributed by atoms with Crippen molar-refractivity contribution in [3.05, 3.63) is 53.6 Å². The Bertz CT molecular complexity index is 938. The van der Waals surface area contributed by atoms with Crippen LogP contribution < -0.4 is 10.2 Å². The number of benzene rings is 1. The van der Waals surface area contributed by atoms with Crippen LogP contribution in [0, 0.1) is 0 Å². The summed E-state index contributed by atoms with van der Waals surface area (Å²) in [5, 5.41) is 4.23. The molecular formula is C19H18ClN5O. The zero-order chi connectivity index (χ0) is 17.9. The van der Waals surface area contributed by atoms with Crippen LogP contribution in [0.25, 0.3) is 10.9 Å². The van der Waals surface area contributed by atoms with E-state index in [1.165, 1.54) is 25.5 Å². The Balaban J connectivity index is 1.59. The van der Waals surface area contributed by atoms with Crippen molar-refractivity contribution in [2.45, 2.75) is 19.3 Å². The number of carbonyl (C=O) groups is 1. The maximum atomic E-state index is 12.3. The summed E-state index contributed by atoms with van der Waals surface area (Å²) in [5.74, 6) is 0.730. The lowest BCUT2D eigenvalue weighted by Crippen LogP contribution is -2.30. The average molecular weight is 368 g/mol. The minimum absolute atomic E-state index is 0.237. The molecule has 0 aliphatic carbocycles. The Kier molecular flexibility index (Phi) is 4.67. The number of nitrogens with one attached hydrogen (secondary N) is 1. The number of piperidine rings is 1. The van der Waals surface area contributed by atoms with Crippen LogP contribution in [0.15, 0.2) is 42.9 Å². The second-order valence-electron chi connectivity index (χ2n) is 6.30. The summed E-state index contributed by atoms with van der Waals surface area (Å²) in [6.07, 6.45) is 6.69. The van der Waals surface area contributed by atoms with E-state index in [2.05, 4.69) is 25.2 Å². The summed E-state index contributed by atoms with van der Waals surface area (Å²) in [6, 6.07) is 8.94. The third kappa shape index (κ3) is 3.46. The fourth-order valence-corrected chi connectivity index (χ4v) is 3.30. The summed E-state index contributed by atoms with van der Waals surface area (Å²) in [6.45, 7) is 2.04. The van der Waals surface area contributed by atoms with Crippen LogP contribution in [-0.2, 0) is 0 Å². The lowest BCUT2D eigenvalue weighted by Gasteiger charge is -2.28. The molecule has 1 aliphatic rings. The number of aromatic nitrogens is 3. The van der Waals surface area contributed by atoms with E-state index in [4.69, 9.17) is 11.6 Å². The van der Waals surface area contributed by atoms with E-state index in [1.54, 1.807) is 18.5 Å². The number of carbonyl (C=O) groups excluding carboxylic acids is 1. The first-order valence-corrected chi connectivity index (χ1v) is 9.01. The lowest BCUT2D eigenvalue weighted by molar-refractivity contribution is 0.102. The predicted octanol–water partition coefficient (Wildman–Crippen LogP) is 3.92. The first-order valence-electron chi connectivity index (χ1n) is 8.63. The summed E-state index contributed by atoms with van der Waals surface area (Å²) in [4.78, 5) is 27.4. The van der Waals surface area contributed by atoms with Crippen LogP contribution in [0.5, 0.6) is 0 Å². The van der Waals surface area contributed by atoms with Crippen LogP contribution in [0.4, 0.5) is 11.5 Å². The number of anilines is 2. The van der Waals surface area contributed by atoms with E-state index in [1.807, 2.05) is 18.2 Å². The number of hydrogen-bond donors (Lipinski definition) is 1. The van der Waals surface area contributed by atoms with Gasteiger partial charge in [0.2, 0.25) is 0 Å². The Labute approximate surface area is 156 Å². The van der Waals surface area contributed by atoms with E-state index < -0.39 is 0 Å². The maximum absolute atomic E-state index is 12.3. The van der Waals surface area contributed by atoms with Gasteiger partial charge in [0, 0.05) is 30.4 Å². The fourth-order valence-electron chi connectivity index (χ4n) is 3.19. The van der Waals surface area contributed by atoms with Crippen molar-refractivity contribution in [3.8, 4) is 0 Å². The van der Waals surface area contributed by atoms with Crippen molar-refractivity contribution in [2.24, 2.45) is 0 Å². The van der Waals surface area contributed by atoms with Gasteiger partial charge in [-0.25, -0.2) is 15.0 Å². The number of halogens is 1. The third-order valence-corrected chi connectivity index (χ3v) is 4.74. The van der Waals surface area contributed by atoms with E-state index in [0.717, 1.165) is 29.8 Å². The first kappa shape index (κ1) is 16.7. The van der Waals surface area contributed by atoms with Gasteiger partial charge in [-0.3, -0.25) is 4.79 Å². The van der Waals surface area contributed by atoms with Crippen LogP contribution in [0.3, 0.4) is 0 Å². The molecule has 6 nitrogen and oxygen atoms in total. The van der Waals surface area contributed by atoms with Gasteiger partial charge in [-0.1, -0.05) is 11.6 Å². The van der Waals surface area contributed by atoms with Gasteiger partial charge in [-0.15, -0.1) is 0 Å². The average Bonchev–Trinajstić information content (AvgIpc) is 2.68. The van der Waals surface area contributed by atoms with Gasteiger partial charge < -0.3 is 10.2 Å². The van der Waals surface area contributed by atoms with Gasteiger partial charge in [0.25, 0.3) is 5.91 Å². The second kappa shape index (κ2) is 7.25. The molecule has 3 aromatic rings. The third-order valence-electron chi connectivity index (χ3n) is 4.52. The molecule has 4 rings (SSSR count). The predicted molar refractivity (Wildman–Crippen MR) is 103 cm³/mol. The van der Waals surface area contributed by atoms with Gasteiger partial charge >= 0.3 is 0 Å². The molecule has 132 valence electrons. The van der Waals surface area contributed by atoms with E-state index in [9.17, 15) is 4.79 Å². The maximum Gasteiger partial charge on any atom is 0.257 e. The second-order valence-corrected chi connectivity index (χ2v) is 6.69. The molecule has 26 heavy (non-hydrogen) atoms. The molecule has 7 heteroatoms. The highest BCUT2D eigenvalue weighted by Crippen LogP contribution is 2.27. The Morgan fingerprint density at radius 2 is 1.88 bits per heavy atom. The largest absolute Gasteiger partial charge is 0.356 e. The molecular weight excluding hydrogens is 350 g/mol. The summed E-state index contributed by atoms with van der Waals surface area (Å²) in [5.41, 5.74) is 1.94. The Morgan fingerprint density at radius 1 is 1.04 bits per heavy atom. The van der Waals surface area contributed by atoms with E-state index >= 15 is 0 Å².